The van der Waals surface area contributed by atoms with Gasteiger partial charge in [-0.3, -0.25) is 0 Å². The highest BCUT2D eigenvalue weighted by Gasteiger charge is 2.10. The molecule has 0 fully saturated rings. The molecule has 0 saturated heterocycles. The monoisotopic (exact) mass is 248 g/mol. The molecule has 0 unspecified atom stereocenters. The van der Waals surface area contributed by atoms with Crippen LogP contribution in [0.1, 0.15) is 16.8 Å². The van der Waals surface area contributed by atoms with Gasteiger partial charge in [0.2, 0.25) is 0 Å². The summed E-state index contributed by atoms with van der Waals surface area (Å²) in [5.41, 5.74) is 2.39. The molecule has 5 nitrogen and oxygen atoms in total. The molecule has 1 aromatic rings. The fourth-order valence-electron chi connectivity index (χ4n) is 1.63. The maximum Gasteiger partial charge on any atom is 0.144 e. The van der Waals surface area contributed by atoms with Crippen molar-refractivity contribution in [2.75, 3.05) is 32.5 Å². The lowest BCUT2D eigenvalue weighted by molar-refractivity contribution is 0.148. The van der Waals surface area contributed by atoms with Crippen molar-refractivity contribution in [3.8, 4) is 6.07 Å². The van der Waals surface area contributed by atoms with Crippen molar-refractivity contribution < 1.29 is 5.11 Å². The molecular weight excluding hydrogens is 228 g/mol. The lowest BCUT2D eigenvalue weighted by Gasteiger charge is -2.17. The maximum atomic E-state index is 9.75. The highest BCUT2D eigenvalue weighted by atomic mass is 16.3. The van der Waals surface area contributed by atoms with Crippen molar-refractivity contribution in [3.63, 3.8) is 0 Å². The first-order valence-corrected chi connectivity index (χ1v) is 5.89. The Balaban J connectivity index is 2.73. The van der Waals surface area contributed by atoms with Gasteiger partial charge in [-0.2, -0.15) is 5.26 Å². The molecule has 18 heavy (non-hydrogen) atoms. The summed E-state index contributed by atoms with van der Waals surface area (Å²) >= 11 is 0. The van der Waals surface area contributed by atoms with Crippen molar-refractivity contribution >= 4 is 5.82 Å². The summed E-state index contributed by atoms with van der Waals surface area (Å²) in [7, 11) is 3.80. The van der Waals surface area contributed by atoms with E-state index in [9.17, 15) is 5.11 Å². The van der Waals surface area contributed by atoms with Gasteiger partial charge < -0.3 is 15.3 Å². The molecule has 0 aliphatic rings. The Bertz CT molecular complexity index is 451. The Morgan fingerprint density at radius 3 is 2.72 bits per heavy atom. The highest BCUT2D eigenvalue weighted by Crippen LogP contribution is 2.15. The first kappa shape index (κ1) is 14.4. The Hall–Kier alpha value is -1.64. The quantitative estimate of drug-likeness (QED) is 0.810. The van der Waals surface area contributed by atoms with Crippen molar-refractivity contribution in [3.05, 3.63) is 22.9 Å². The van der Waals surface area contributed by atoms with E-state index in [1.165, 1.54) is 0 Å². The number of pyridine rings is 1. The van der Waals surface area contributed by atoms with E-state index in [1.807, 2.05) is 38.9 Å². The van der Waals surface area contributed by atoms with Gasteiger partial charge in [-0.05, 0) is 39.6 Å². The van der Waals surface area contributed by atoms with Crippen LogP contribution in [0, 0.1) is 25.2 Å². The van der Waals surface area contributed by atoms with Crippen LogP contribution in [0.5, 0.6) is 0 Å². The number of hydrogen-bond donors (Lipinski definition) is 2. The van der Waals surface area contributed by atoms with Gasteiger partial charge in [-0.15, -0.1) is 0 Å². The first-order valence-electron chi connectivity index (χ1n) is 5.89. The van der Waals surface area contributed by atoms with E-state index < -0.39 is 6.10 Å². The second kappa shape index (κ2) is 6.34. The largest absolute Gasteiger partial charge is 0.390 e. The fraction of sp³-hybridized carbons (Fsp3) is 0.538. The van der Waals surface area contributed by atoms with Crippen LogP contribution in [0.2, 0.25) is 0 Å². The SMILES string of the molecule is Cc1cc(C#N)c(NC[C@H](O)CN(C)C)nc1C. The molecule has 0 aliphatic carbocycles. The number of nitrogens with zero attached hydrogens (tertiary/aromatic N) is 3. The summed E-state index contributed by atoms with van der Waals surface area (Å²) in [6, 6.07) is 3.92. The Labute approximate surface area is 108 Å². The van der Waals surface area contributed by atoms with Gasteiger partial charge in [0.15, 0.2) is 0 Å². The third-order valence-corrected chi connectivity index (χ3v) is 2.67. The number of nitriles is 1. The van der Waals surface area contributed by atoms with Gasteiger partial charge >= 0.3 is 0 Å². The van der Waals surface area contributed by atoms with Crippen LogP contribution in [-0.4, -0.2) is 48.3 Å². The molecule has 0 spiro atoms. The fourth-order valence-corrected chi connectivity index (χ4v) is 1.63. The van der Waals surface area contributed by atoms with Gasteiger partial charge in [-0.25, -0.2) is 4.98 Å². The van der Waals surface area contributed by atoms with Crippen LogP contribution < -0.4 is 5.32 Å². The third-order valence-electron chi connectivity index (χ3n) is 2.67. The average Bonchev–Trinajstić information content (AvgIpc) is 2.29. The molecule has 1 atom stereocenters. The number of aromatic nitrogens is 1. The molecule has 0 aromatic carbocycles. The Morgan fingerprint density at radius 2 is 2.17 bits per heavy atom. The van der Waals surface area contributed by atoms with E-state index in [0.717, 1.165) is 11.3 Å². The lowest BCUT2D eigenvalue weighted by Crippen LogP contribution is -2.31. The smallest absolute Gasteiger partial charge is 0.144 e. The molecule has 0 radical (unpaired) electrons. The molecule has 0 amide bonds. The first-order chi connectivity index (χ1) is 8.43. The molecule has 1 heterocycles. The van der Waals surface area contributed by atoms with Gasteiger partial charge in [0.1, 0.15) is 11.9 Å². The van der Waals surface area contributed by atoms with Crippen LogP contribution in [0.4, 0.5) is 5.82 Å². The van der Waals surface area contributed by atoms with Crippen LogP contribution in [0.25, 0.3) is 0 Å². The number of anilines is 1. The number of rotatable bonds is 5. The molecule has 1 rings (SSSR count). The molecule has 2 N–H and O–H groups in total. The number of aliphatic hydroxyl groups is 1. The lowest BCUT2D eigenvalue weighted by atomic mass is 10.1. The summed E-state index contributed by atoms with van der Waals surface area (Å²) in [4.78, 5) is 6.24. The number of aryl methyl sites for hydroxylation is 2. The Morgan fingerprint density at radius 1 is 1.50 bits per heavy atom. The molecule has 0 bridgehead atoms. The van der Waals surface area contributed by atoms with E-state index >= 15 is 0 Å². The second-order valence-corrected chi connectivity index (χ2v) is 4.70. The number of likely N-dealkylation sites (N-methyl/N-ethyl adjacent to an activating group) is 1. The van der Waals surface area contributed by atoms with E-state index in [1.54, 1.807) is 0 Å². The van der Waals surface area contributed by atoms with E-state index in [-0.39, 0.29) is 0 Å². The molecule has 0 saturated carbocycles. The van der Waals surface area contributed by atoms with Crippen molar-refractivity contribution in [1.82, 2.24) is 9.88 Å². The average molecular weight is 248 g/mol. The standard InChI is InChI=1S/C13H20N4O/c1-9-5-11(6-14)13(16-10(9)2)15-7-12(18)8-17(3)4/h5,12,18H,7-8H2,1-4H3,(H,15,16)/t12-/m0/s1. The third kappa shape index (κ3) is 3.99. The Kier molecular flexibility index (Phi) is 5.08. The summed E-state index contributed by atoms with van der Waals surface area (Å²) in [6.45, 7) is 4.77. The highest BCUT2D eigenvalue weighted by molar-refractivity contribution is 5.54. The van der Waals surface area contributed by atoms with Crippen LogP contribution in [0.3, 0.4) is 0 Å². The molecule has 0 aliphatic heterocycles. The summed E-state index contributed by atoms with van der Waals surface area (Å²) in [6.07, 6.45) is -0.491. The minimum Gasteiger partial charge on any atom is -0.390 e. The maximum absolute atomic E-state index is 9.75. The zero-order valence-electron chi connectivity index (χ0n) is 11.4. The summed E-state index contributed by atoms with van der Waals surface area (Å²) < 4.78 is 0. The molecule has 98 valence electrons. The van der Waals surface area contributed by atoms with Crippen LogP contribution in [0.15, 0.2) is 6.07 Å². The minimum atomic E-state index is -0.491. The summed E-state index contributed by atoms with van der Waals surface area (Å²) in [5, 5.41) is 21.8. The number of nitrogens with one attached hydrogen (secondary N) is 1. The summed E-state index contributed by atoms with van der Waals surface area (Å²) in [5.74, 6) is 0.540. The van der Waals surface area contributed by atoms with Gasteiger partial charge in [0.25, 0.3) is 0 Å². The zero-order chi connectivity index (χ0) is 13.7. The van der Waals surface area contributed by atoms with E-state index in [2.05, 4.69) is 16.4 Å². The van der Waals surface area contributed by atoms with Crippen molar-refractivity contribution in [2.45, 2.75) is 20.0 Å². The number of aliphatic hydroxyl groups excluding tert-OH is 1. The predicted molar refractivity (Wildman–Crippen MR) is 71.5 cm³/mol. The van der Waals surface area contributed by atoms with E-state index in [4.69, 9.17) is 5.26 Å². The molecule has 5 heteroatoms. The van der Waals surface area contributed by atoms with Crippen molar-refractivity contribution in [2.24, 2.45) is 0 Å². The van der Waals surface area contributed by atoms with Crippen molar-refractivity contribution in [1.29, 1.82) is 5.26 Å². The van der Waals surface area contributed by atoms with Gasteiger partial charge in [0, 0.05) is 18.8 Å². The second-order valence-electron chi connectivity index (χ2n) is 4.70. The van der Waals surface area contributed by atoms with Gasteiger partial charge in [-0.1, -0.05) is 0 Å². The van der Waals surface area contributed by atoms with Crippen LogP contribution >= 0.6 is 0 Å². The molecular formula is C13H20N4O. The zero-order valence-corrected chi connectivity index (χ0v) is 11.4. The topological polar surface area (TPSA) is 72.2 Å². The number of hydrogen-bond acceptors (Lipinski definition) is 5. The van der Waals surface area contributed by atoms with E-state index in [0.29, 0.717) is 24.5 Å². The predicted octanol–water partition coefficient (Wildman–Crippen LogP) is 0.905. The van der Waals surface area contributed by atoms with Gasteiger partial charge in [0.05, 0.1) is 11.7 Å². The van der Waals surface area contributed by atoms with Crippen LogP contribution in [-0.2, 0) is 0 Å². The molecule has 1 aromatic heterocycles. The normalized spacial score (nSPS) is 12.3. The minimum absolute atomic E-state index is 0.377.